The average Bonchev–Trinajstić information content (AvgIpc) is 2.73. The minimum absolute atomic E-state index is 0.133. The molecule has 28 heavy (non-hydrogen) atoms. The van der Waals surface area contributed by atoms with E-state index in [2.05, 4.69) is 15.5 Å². The summed E-state index contributed by atoms with van der Waals surface area (Å²) >= 11 is 0. The third-order valence-electron chi connectivity index (χ3n) is 4.53. The van der Waals surface area contributed by atoms with Crippen molar-refractivity contribution in [1.29, 1.82) is 0 Å². The molecule has 7 heteroatoms. The molecule has 2 aromatic carbocycles. The molecule has 0 bridgehead atoms. The van der Waals surface area contributed by atoms with Gasteiger partial charge >= 0.3 is 6.03 Å². The molecule has 0 saturated carbocycles. The summed E-state index contributed by atoms with van der Waals surface area (Å²) in [7, 11) is 0. The average molecular weight is 387 g/mol. The van der Waals surface area contributed by atoms with Gasteiger partial charge in [-0.2, -0.15) is 0 Å². The molecule has 2 N–H and O–H groups in total. The Bertz CT molecular complexity index is 739. The van der Waals surface area contributed by atoms with Crippen LogP contribution in [0, 0.1) is 5.82 Å². The van der Waals surface area contributed by atoms with Gasteiger partial charge in [0, 0.05) is 19.6 Å². The zero-order valence-corrected chi connectivity index (χ0v) is 15.8. The lowest BCUT2D eigenvalue weighted by atomic mass is 10.1. The van der Waals surface area contributed by atoms with Gasteiger partial charge in [0.25, 0.3) is 0 Å². The number of benzene rings is 2. The maximum absolute atomic E-state index is 13.5. The maximum atomic E-state index is 13.5. The highest BCUT2D eigenvalue weighted by atomic mass is 19.1. The number of para-hydroxylation sites is 1. The number of halogens is 1. The molecule has 1 fully saturated rings. The van der Waals surface area contributed by atoms with E-state index in [1.165, 1.54) is 6.07 Å². The van der Waals surface area contributed by atoms with Crippen LogP contribution < -0.4 is 15.4 Å². The molecule has 0 spiro atoms. The predicted molar refractivity (Wildman–Crippen MR) is 105 cm³/mol. The van der Waals surface area contributed by atoms with Gasteiger partial charge in [0.05, 0.1) is 25.8 Å². The first kappa shape index (κ1) is 20.1. The van der Waals surface area contributed by atoms with Crippen LogP contribution in [0.15, 0.2) is 54.6 Å². The van der Waals surface area contributed by atoms with E-state index < -0.39 is 5.82 Å². The molecule has 1 aliphatic heterocycles. The summed E-state index contributed by atoms with van der Waals surface area (Å²) in [4.78, 5) is 14.6. The normalized spacial score (nSPS) is 15.6. The van der Waals surface area contributed by atoms with Gasteiger partial charge in [-0.25, -0.2) is 9.18 Å². The van der Waals surface area contributed by atoms with Crippen LogP contribution in [0.1, 0.15) is 11.6 Å². The molecule has 150 valence electrons. The molecule has 3 rings (SSSR count). The number of urea groups is 1. The minimum Gasteiger partial charge on any atom is -0.489 e. The summed E-state index contributed by atoms with van der Waals surface area (Å²) in [6, 6.07) is 15.7. The molecule has 2 aromatic rings. The van der Waals surface area contributed by atoms with Crippen LogP contribution >= 0.6 is 0 Å². The van der Waals surface area contributed by atoms with Crippen molar-refractivity contribution in [1.82, 2.24) is 15.5 Å². The van der Waals surface area contributed by atoms with Crippen LogP contribution in [-0.4, -0.2) is 56.9 Å². The van der Waals surface area contributed by atoms with Crippen LogP contribution in [0.25, 0.3) is 0 Å². The van der Waals surface area contributed by atoms with Gasteiger partial charge in [-0.3, -0.25) is 4.90 Å². The molecular formula is C21H26FN3O3. The van der Waals surface area contributed by atoms with Gasteiger partial charge in [-0.15, -0.1) is 0 Å². The summed E-state index contributed by atoms with van der Waals surface area (Å²) in [6.07, 6.45) is 0. The highest BCUT2D eigenvalue weighted by Crippen LogP contribution is 2.16. The van der Waals surface area contributed by atoms with Gasteiger partial charge in [-0.1, -0.05) is 42.5 Å². The largest absolute Gasteiger partial charge is 0.489 e. The van der Waals surface area contributed by atoms with Gasteiger partial charge in [0.2, 0.25) is 0 Å². The highest BCUT2D eigenvalue weighted by Gasteiger charge is 2.20. The third-order valence-corrected chi connectivity index (χ3v) is 4.53. The van der Waals surface area contributed by atoms with Crippen molar-refractivity contribution in [2.75, 3.05) is 46.0 Å². The Morgan fingerprint density at radius 2 is 1.82 bits per heavy atom. The number of nitrogens with one attached hydrogen (secondary N) is 2. The number of carbonyl (C=O) groups excluding carboxylic acids is 1. The van der Waals surface area contributed by atoms with Crippen molar-refractivity contribution in [2.24, 2.45) is 0 Å². The van der Waals surface area contributed by atoms with E-state index in [-0.39, 0.29) is 31.0 Å². The monoisotopic (exact) mass is 387 g/mol. The fraction of sp³-hybridized carbons (Fsp3) is 0.381. The Hall–Kier alpha value is -2.64. The van der Waals surface area contributed by atoms with Gasteiger partial charge in [0.15, 0.2) is 11.6 Å². The van der Waals surface area contributed by atoms with Crippen molar-refractivity contribution in [3.05, 3.63) is 66.0 Å². The standard InChI is InChI=1S/C21H26FN3O3/c22-18-8-4-5-9-20(18)28-13-10-23-21(26)24-19(17-6-2-1-3-7-17)16-25-11-14-27-15-12-25/h1-9,19H,10-16H2,(H2,23,24,26)/t19-/m0/s1. The smallest absolute Gasteiger partial charge is 0.315 e. The lowest BCUT2D eigenvalue weighted by molar-refractivity contribution is 0.0339. The van der Waals surface area contributed by atoms with Crippen LogP contribution in [0.3, 0.4) is 0 Å². The summed E-state index contributed by atoms with van der Waals surface area (Å²) in [5.41, 5.74) is 1.05. The van der Waals surface area contributed by atoms with Crippen molar-refractivity contribution in [3.63, 3.8) is 0 Å². The van der Waals surface area contributed by atoms with Gasteiger partial charge in [0.1, 0.15) is 6.61 Å². The molecule has 6 nitrogen and oxygen atoms in total. The quantitative estimate of drug-likeness (QED) is 0.684. The zero-order chi connectivity index (χ0) is 19.6. The third kappa shape index (κ3) is 6.21. The van der Waals surface area contributed by atoms with E-state index in [1.807, 2.05) is 30.3 Å². The van der Waals surface area contributed by atoms with E-state index in [1.54, 1.807) is 18.2 Å². The summed E-state index contributed by atoms with van der Waals surface area (Å²) in [5, 5.41) is 5.80. The molecule has 0 aliphatic carbocycles. The van der Waals surface area contributed by atoms with E-state index >= 15 is 0 Å². The Morgan fingerprint density at radius 3 is 2.57 bits per heavy atom. The Morgan fingerprint density at radius 1 is 1.11 bits per heavy atom. The molecule has 0 unspecified atom stereocenters. The summed E-state index contributed by atoms with van der Waals surface area (Å²) in [6.45, 7) is 4.30. The fourth-order valence-corrected chi connectivity index (χ4v) is 3.06. The number of morpholine rings is 1. The molecule has 2 amide bonds. The van der Waals surface area contributed by atoms with Crippen molar-refractivity contribution in [3.8, 4) is 5.75 Å². The second kappa shape index (κ2) is 10.6. The fourth-order valence-electron chi connectivity index (χ4n) is 3.06. The number of amides is 2. The number of carbonyl (C=O) groups is 1. The predicted octanol–water partition coefficient (Wildman–Crippen LogP) is 2.58. The second-order valence-electron chi connectivity index (χ2n) is 6.56. The van der Waals surface area contributed by atoms with Crippen LogP contribution in [0.5, 0.6) is 5.75 Å². The molecule has 1 atom stereocenters. The molecular weight excluding hydrogens is 361 g/mol. The van der Waals surface area contributed by atoms with E-state index in [9.17, 15) is 9.18 Å². The molecule has 0 radical (unpaired) electrons. The van der Waals surface area contributed by atoms with Crippen LogP contribution in [0.2, 0.25) is 0 Å². The van der Waals surface area contributed by atoms with Crippen molar-refractivity contribution < 1.29 is 18.7 Å². The number of hydrogen-bond donors (Lipinski definition) is 2. The van der Waals surface area contributed by atoms with Gasteiger partial charge in [-0.05, 0) is 17.7 Å². The van der Waals surface area contributed by atoms with Crippen molar-refractivity contribution >= 4 is 6.03 Å². The number of ether oxygens (including phenoxy) is 2. The number of rotatable bonds is 8. The Balaban J connectivity index is 1.48. The summed E-state index contributed by atoms with van der Waals surface area (Å²) in [5.74, 6) is -0.235. The number of hydrogen-bond acceptors (Lipinski definition) is 4. The lowest BCUT2D eigenvalue weighted by Crippen LogP contribution is -2.46. The summed E-state index contributed by atoms with van der Waals surface area (Å²) < 4.78 is 24.3. The number of nitrogens with zero attached hydrogens (tertiary/aromatic N) is 1. The van der Waals surface area contributed by atoms with E-state index in [4.69, 9.17) is 9.47 Å². The molecule has 1 aliphatic rings. The first-order valence-electron chi connectivity index (χ1n) is 9.49. The lowest BCUT2D eigenvalue weighted by Gasteiger charge is -2.31. The topological polar surface area (TPSA) is 62.8 Å². The van der Waals surface area contributed by atoms with E-state index in [0.29, 0.717) is 19.8 Å². The second-order valence-corrected chi connectivity index (χ2v) is 6.56. The maximum Gasteiger partial charge on any atom is 0.315 e. The SMILES string of the molecule is O=C(NCCOc1ccccc1F)N[C@@H](CN1CCOCC1)c1ccccc1. The van der Waals surface area contributed by atoms with Gasteiger partial charge < -0.3 is 20.1 Å². The molecule has 1 heterocycles. The molecule has 0 aromatic heterocycles. The first-order valence-corrected chi connectivity index (χ1v) is 9.49. The van der Waals surface area contributed by atoms with Crippen LogP contribution in [-0.2, 0) is 4.74 Å². The highest BCUT2D eigenvalue weighted by molar-refractivity contribution is 5.74. The Labute approximate surface area is 164 Å². The van der Waals surface area contributed by atoms with Crippen LogP contribution in [0.4, 0.5) is 9.18 Å². The minimum atomic E-state index is -0.415. The van der Waals surface area contributed by atoms with E-state index in [0.717, 1.165) is 18.7 Å². The Kier molecular flexibility index (Phi) is 7.63. The molecule has 1 saturated heterocycles. The van der Waals surface area contributed by atoms with Crippen molar-refractivity contribution in [2.45, 2.75) is 6.04 Å². The zero-order valence-electron chi connectivity index (χ0n) is 15.8. The first-order chi connectivity index (χ1) is 13.7.